The summed E-state index contributed by atoms with van der Waals surface area (Å²) < 4.78 is 38.7. The second-order valence-electron chi connectivity index (χ2n) is 3.91. The minimum Gasteiger partial charge on any atom is -0.166 e. The molecule has 0 N–H and O–H groups in total. The summed E-state index contributed by atoms with van der Waals surface area (Å²) in [6, 6.07) is 13.0. The quantitative estimate of drug-likeness (QED) is 0.674. The molecule has 0 unspecified atom stereocenters. The molecule has 17 heavy (non-hydrogen) atoms. The minimum atomic E-state index is -4.32. The molecule has 0 saturated carbocycles. The van der Waals surface area contributed by atoms with E-state index in [4.69, 9.17) is 0 Å². The molecular weight excluding hydrogens is 225 g/mol. The van der Waals surface area contributed by atoms with E-state index in [9.17, 15) is 13.2 Å². The first-order chi connectivity index (χ1) is 7.98. The van der Waals surface area contributed by atoms with Gasteiger partial charge in [0.1, 0.15) is 0 Å². The van der Waals surface area contributed by atoms with Crippen molar-refractivity contribution in [1.82, 2.24) is 0 Å². The molecule has 2 aromatic rings. The van der Waals surface area contributed by atoms with Crippen molar-refractivity contribution in [2.45, 2.75) is 13.1 Å². The molecule has 2 rings (SSSR count). The fraction of sp³-hybridized carbons (Fsp3) is 0.143. The van der Waals surface area contributed by atoms with Gasteiger partial charge in [-0.3, -0.25) is 0 Å². The van der Waals surface area contributed by atoms with Crippen molar-refractivity contribution in [3.8, 4) is 11.1 Å². The van der Waals surface area contributed by atoms with Gasteiger partial charge in [0.05, 0.1) is 5.56 Å². The maximum atomic E-state index is 12.9. The average molecular weight is 236 g/mol. The van der Waals surface area contributed by atoms with Gasteiger partial charge < -0.3 is 0 Å². The highest BCUT2D eigenvalue weighted by molar-refractivity contribution is 5.68. The number of hydrogen-bond acceptors (Lipinski definition) is 0. The molecule has 0 heterocycles. The van der Waals surface area contributed by atoms with Gasteiger partial charge in [0, 0.05) is 0 Å². The summed E-state index contributed by atoms with van der Waals surface area (Å²) in [4.78, 5) is 0. The molecule has 3 heteroatoms. The van der Waals surface area contributed by atoms with Crippen LogP contribution in [0.1, 0.15) is 11.1 Å². The first kappa shape index (κ1) is 11.7. The highest BCUT2D eigenvalue weighted by Crippen LogP contribution is 2.37. The molecule has 0 amide bonds. The number of aryl methyl sites for hydroxylation is 1. The van der Waals surface area contributed by atoms with Crippen LogP contribution in [0.15, 0.2) is 48.5 Å². The van der Waals surface area contributed by atoms with Gasteiger partial charge in [0.25, 0.3) is 0 Å². The Hall–Kier alpha value is -1.77. The standard InChI is InChI=1S/C14H11F3/c1-10-7-8-12(11-5-3-2-4-6-11)13(9-10)14(15,16)17/h2-9H,1H3. The van der Waals surface area contributed by atoms with E-state index in [1.165, 1.54) is 12.1 Å². The fourth-order valence-electron chi connectivity index (χ4n) is 1.76. The lowest BCUT2D eigenvalue weighted by Gasteiger charge is -2.13. The SMILES string of the molecule is Cc1ccc(-c2ccccc2)c(C(F)(F)F)c1. The highest BCUT2D eigenvalue weighted by Gasteiger charge is 2.33. The second kappa shape index (κ2) is 4.24. The van der Waals surface area contributed by atoms with Crippen LogP contribution in [0.4, 0.5) is 13.2 Å². The van der Waals surface area contributed by atoms with Crippen molar-refractivity contribution in [3.05, 3.63) is 59.7 Å². The fourth-order valence-corrected chi connectivity index (χ4v) is 1.76. The third-order valence-corrected chi connectivity index (χ3v) is 2.57. The van der Waals surface area contributed by atoms with E-state index in [-0.39, 0.29) is 5.56 Å². The summed E-state index contributed by atoms with van der Waals surface area (Å²) in [5.41, 5.74) is 0.837. The molecule has 0 nitrogen and oxygen atoms in total. The van der Waals surface area contributed by atoms with Gasteiger partial charge in [-0.1, -0.05) is 48.0 Å². The summed E-state index contributed by atoms with van der Waals surface area (Å²) in [5, 5.41) is 0. The van der Waals surface area contributed by atoms with Crippen molar-refractivity contribution in [2.24, 2.45) is 0 Å². The van der Waals surface area contributed by atoms with Crippen molar-refractivity contribution >= 4 is 0 Å². The van der Waals surface area contributed by atoms with Crippen molar-refractivity contribution in [3.63, 3.8) is 0 Å². The molecule has 88 valence electrons. The Morgan fingerprint density at radius 2 is 1.53 bits per heavy atom. The zero-order valence-corrected chi connectivity index (χ0v) is 9.25. The van der Waals surface area contributed by atoms with Crippen LogP contribution in [0.3, 0.4) is 0 Å². The number of halogens is 3. The molecule has 0 spiro atoms. The summed E-state index contributed by atoms with van der Waals surface area (Å²) in [5.74, 6) is 0. The molecule has 2 aromatic carbocycles. The molecule has 0 aliphatic heterocycles. The molecule has 0 aliphatic carbocycles. The topological polar surface area (TPSA) is 0 Å². The Morgan fingerprint density at radius 3 is 2.12 bits per heavy atom. The first-order valence-corrected chi connectivity index (χ1v) is 5.22. The van der Waals surface area contributed by atoms with Gasteiger partial charge in [-0.05, 0) is 24.1 Å². The third-order valence-electron chi connectivity index (χ3n) is 2.57. The van der Waals surface area contributed by atoms with E-state index in [2.05, 4.69) is 0 Å². The minimum absolute atomic E-state index is 0.226. The molecule has 0 saturated heterocycles. The smallest absolute Gasteiger partial charge is 0.166 e. The van der Waals surface area contributed by atoms with Crippen LogP contribution >= 0.6 is 0 Å². The normalized spacial score (nSPS) is 11.5. The number of benzene rings is 2. The molecule has 0 aliphatic rings. The van der Waals surface area contributed by atoms with Crippen LogP contribution in [-0.2, 0) is 6.18 Å². The lowest BCUT2D eigenvalue weighted by Crippen LogP contribution is -2.07. The third kappa shape index (κ3) is 2.49. The zero-order valence-electron chi connectivity index (χ0n) is 9.25. The Kier molecular flexibility index (Phi) is 2.92. The van der Waals surface area contributed by atoms with Crippen LogP contribution < -0.4 is 0 Å². The number of rotatable bonds is 1. The molecule has 0 bridgehead atoms. The predicted octanol–water partition coefficient (Wildman–Crippen LogP) is 4.68. The second-order valence-corrected chi connectivity index (χ2v) is 3.91. The molecular formula is C14H11F3. The largest absolute Gasteiger partial charge is 0.417 e. The Bertz CT molecular complexity index is 513. The average Bonchev–Trinajstić information content (AvgIpc) is 2.29. The first-order valence-electron chi connectivity index (χ1n) is 5.22. The van der Waals surface area contributed by atoms with Gasteiger partial charge in [0.2, 0.25) is 0 Å². The van der Waals surface area contributed by atoms with E-state index in [1.807, 2.05) is 0 Å². The van der Waals surface area contributed by atoms with E-state index in [0.29, 0.717) is 11.1 Å². The lowest BCUT2D eigenvalue weighted by molar-refractivity contribution is -0.137. The Balaban J connectivity index is 2.63. The van der Waals surface area contributed by atoms with Gasteiger partial charge in [-0.25, -0.2) is 0 Å². The summed E-state index contributed by atoms with van der Waals surface area (Å²) in [6.45, 7) is 1.66. The van der Waals surface area contributed by atoms with Gasteiger partial charge in [-0.15, -0.1) is 0 Å². The van der Waals surface area contributed by atoms with E-state index >= 15 is 0 Å². The maximum Gasteiger partial charge on any atom is 0.417 e. The number of hydrogen-bond donors (Lipinski definition) is 0. The van der Waals surface area contributed by atoms with Crippen molar-refractivity contribution in [1.29, 1.82) is 0 Å². The Labute approximate surface area is 97.7 Å². The van der Waals surface area contributed by atoms with Crippen LogP contribution in [-0.4, -0.2) is 0 Å². The summed E-state index contributed by atoms with van der Waals surface area (Å²) >= 11 is 0. The van der Waals surface area contributed by atoms with E-state index in [0.717, 1.165) is 0 Å². The van der Waals surface area contributed by atoms with Crippen LogP contribution in [0, 0.1) is 6.92 Å². The molecule has 0 fully saturated rings. The predicted molar refractivity (Wildman–Crippen MR) is 61.6 cm³/mol. The number of alkyl halides is 3. The van der Waals surface area contributed by atoms with Gasteiger partial charge in [-0.2, -0.15) is 13.2 Å². The summed E-state index contributed by atoms with van der Waals surface area (Å²) in [6.07, 6.45) is -4.32. The maximum absolute atomic E-state index is 12.9. The molecule has 0 radical (unpaired) electrons. The van der Waals surface area contributed by atoms with Crippen LogP contribution in [0.25, 0.3) is 11.1 Å². The summed E-state index contributed by atoms with van der Waals surface area (Å²) in [7, 11) is 0. The Morgan fingerprint density at radius 1 is 0.882 bits per heavy atom. The van der Waals surface area contributed by atoms with Gasteiger partial charge >= 0.3 is 6.18 Å². The monoisotopic (exact) mass is 236 g/mol. The van der Waals surface area contributed by atoms with Crippen molar-refractivity contribution < 1.29 is 13.2 Å². The van der Waals surface area contributed by atoms with Crippen molar-refractivity contribution in [2.75, 3.05) is 0 Å². The van der Waals surface area contributed by atoms with Gasteiger partial charge in [0.15, 0.2) is 0 Å². The molecule has 0 atom stereocenters. The van der Waals surface area contributed by atoms with Crippen LogP contribution in [0.5, 0.6) is 0 Å². The zero-order chi connectivity index (χ0) is 12.5. The van der Waals surface area contributed by atoms with E-state index in [1.54, 1.807) is 43.3 Å². The lowest BCUT2D eigenvalue weighted by atomic mass is 9.97. The highest BCUT2D eigenvalue weighted by atomic mass is 19.4. The van der Waals surface area contributed by atoms with Crippen LogP contribution in [0.2, 0.25) is 0 Å². The van der Waals surface area contributed by atoms with E-state index < -0.39 is 11.7 Å². The molecule has 0 aromatic heterocycles.